The maximum absolute atomic E-state index is 13.2. The molecule has 0 saturated carbocycles. The van der Waals surface area contributed by atoms with Crippen molar-refractivity contribution in [1.29, 1.82) is 0 Å². The fourth-order valence-electron chi connectivity index (χ4n) is 8.36. The van der Waals surface area contributed by atoms with Crippen LogP contribution < -0.4 is 49.7 Å². The number of unbranched alkanes of at least 4 members (excludes halogenated alkanes) is 1. The van der Waals surface area contributed by atoms with Crippen molar-refractivity contribution in [1.82, 2.24) is 31.4 Å². The van der Waals surface area contributed by atoms with Crippen LogP contribution in [0.1, 0.15) is 105 Å². The van der Waals surface area contributed by atoms with Gasteiger partial charge in [0.1, 0.15) is 40.5 Å². The summed E-state index contributed by atoms with van der Waals surface area (Å²) >= 11 is 0. The Labute approximate surface area is 469 Å². The number of imide groups is 2. The van der Waals surface area contributed by atoms with Gasteiger partial charge in [0, 0.05) is 68.3 Å². The second kappa shape index (κ2) is 30.0. The Morgan fingerprint density at radius 2 is 0.890 bits per heavy atom. The molecule has 2 aliphatic heterocycles. The molecule has 6 rings (SSSR count). The smallest absolute Gasteiger partial charge is 0.333 e. The van der Waals surface area contributed by atoms with E-state index in [2.05, 4.69) is 21.3 Å². The summed E-state index contributed by atoms with van der Waals surface area (Å²) in [5, 5.41) is 21.6. The number of aliphatic carboxylic acids is 1. The third-order valence-corrected chi connectivity index (χ3v) is 12.7. The molecule has 2 fully saturated rings. The SMILES string of the molecule is COc1ccc(C(NC(=O)CCC(=O)ON2C(=O)CCC2=O)c2ccc(OCC(=O)NCCCCC(NC(=O)COc3ccc(C(NC(=O)CCC(=O)ON4C(=O)CCC4=O)c4ccc(OC)cc4OC)cc3)C(=O)O)cc2)c(OC)c1. The molecular weight excluding hydrogens is 1080 g/mol. The van der Waals surface area contributed by atoms with Crippen LogP contribution in [-0.2, 0) is 62.4 Å². The van der Waals surface area contributed by atoms with Gasteiger partial charge in [-0.1, -0.05) is 24.3 Å². The molecule has 0 bridgehead atoms. The number of hydrogen-bond donors (Lipinski definition) is 5. The van der Waals surface area contributed by atoms with E-state index in [-0.39, 0.29) is 63.8 Å². The Kier molecular flexibility index (Phi) is 22.5. The van der Waals surface area contributed by atoms with Crippen molar-refractivity contribution in [3.63, 3.8) is 0 Å². The van der Waals surface area contributed by atoms with E-state index in [1.54, 1.807) is 72.8 Å². The van der Waals surface area contributed by atoms with E-state index in [0.717, 1.165) is 0 Å². The standard InChI is InChI=1S/C56H62N6O20/c1-75-37-16-18-39(42(29-37)77-3)54(59-44(63)20-26-52(71)81-61-48(67)22-23-49(61)68)33-8-12-35(13-9-33)79-31-46(65)57-28-6-5-7-41(56(73)74)58-47(66)32-80-36-14-10-34(11-15-36)55(40-19-17-38(76-2)30-43(40)78-4)60-45(64)21-27-53(72)82-62-50(69)24-25-51(62)70/h8-19,29-30,41,54-55H,5-7,20-28,31-32H2,1-4H3,(H,57,65)(H,58,66)(H,59,63)(H,60,64)(H,73,74). The number of carbonyl (C=O) groups excluding carboxylic acids is 10. The molecule has 3 atom stereocenters. The molecule has 0 aliphatic carbocycles. The maximum atomic E-state index is 13.2. The van der Waals surface area contributed by atoms with Crippen molar-refractivity contribution in [2.45, 2.75) is 88.8 Å². The molecule has 2 heterocycles. The zero-order valence-corrected chi connectivity index (χ0v) is 45.3. The van der Waals surface area contributed by atoms with Crippen molar-refractivity contribution in [2.24, 2.45) is 0 Å². The highest BCUT2D eigenvalue weighted by Gasteiger charge is 2.34. The molecule has 0 spiro atoms. The number of carboxylic acids is 1. The van der Waals surface area contributed by atoms with E-state index < -0.39 is 103 Å². The van der Waals surface area contributed by atoms with Gasteiger partial charge in [0.05, 0.1) is 53.4 Å². The summed E-state index contributed by atoms with van der Waals surface area (Å²) in [5.74, 6) is -5.80. The number of hydrogen-bond acceptors (Lipinski definition) is 19. The van der Waals surface area contributed by atoms with Crippen LogP contribution in [-0.4, -0.2) is 135 Å². The van der Waals surface area contributed by atoms with Crippen molar-refractivity contribution < 1.29 is 95.9 Å². The van der Waals surface area contributed by atoms with Crippen molar-refractivity contribution >= 4 is 65.2 Å². The minimum atomic E-state index is -1.28. The zero-order valence-electron chi connectivity index (χ0n) is 45.3. The fourth-order valence-corrected chi connectivity index (χ4v) is 8.36. The predicted molar refractivity (Wildman–Crippen MR) is 282 cm³/mol. The average Bonchev–Trinajstić information content (AvgIpc) is 4.14. The minimum Gasteiger partial charge on any atom is -0.497 e. The summed E-state index contributed by atoms with van der Waals surface area (Å²) in [6, 6.07) is 19.9. The number of ether oxygens (including phenoxy) is 6. The van der Waals surface area contributed by atoms with Gasteiger partial charge in [0.15, 0.2) is 13.2 Å². The topological polar surface area (TPSA) is 336 Å². The second-order valence-electron chi connectivity index (χ2n) is 18.3. The van der Waals surface area contributed by atoms with Gasteiger partial charge in [0.2, 0.25) is 11.8 Å². The number of methoxy groups -OCH3 is 4. The van der Waals surface area contributed by atoms with Crippen LogP contribution in [0.3, 0.4) is 0 Å². The number of rotatable bonds is 31. The summed E-state index contributed by atoms with van der Waals surface area (Å²) in [5.41, 5.74) is 2.15. The molecule has 5 N–H and O–H groups in total. The number of carbonyl (C=O) groups is 11. The van der Waals surface area contributed by atoms with Gasteiger partial charge in [-0.05, 0) is 78.9 Å². The Morgan fingerprint density at radius 1 is 0.488 bits per heavy atom. The van der Waals surface area contributed by atoms with Crippen molar-refractivity contribution in [2.75, 3.05) is 48.2 Å². The lowest BCUT2D eigenvalue weighted by molar-refractivity contribution is -0.197. The van der Waals surface area contributed by atoms with E-state index in [9.17, 15) is 57.8 Å². The van der Waals surface area contributed by atoms with Gasteiger partial charge in [-0.2, -0.15) is 0 Å². The monoisotopic (exact) mass is 1140 g/mol. The molecule has 3 unspecified atom stereocenters. The minimum absolute atomic E-state index is 0.0366. The van der Waals surface area contributed by atoms with Crippen molar-refractivity contribution in [3.05, 3.63) is 107 Å². The number of carboxylic acid groups (broad SMARTS) is 1. The number of nitrogens with one attached hydrogen (secondary N) is 4. The van der Waals surface area contributed by atoms with E-state index in [1.165, 1.54) is 40.6 Å². The van der Waals surface area contributed by atoms with Crippen LogP contribution in [0.15, 0.2) is 84.9 Å². The molecular formula is C56H62N6O20. The summed E-state index contributed by atoms with van der Waals surface area (Å²) in [6.07, 6.45) is -1.15. The lowest BCUT2D eigenvalue weighted by atomic mass is 9.97. The number of benzene rings is 4. The second-order valence-corrected chi connectivity index (χ2v) is 18.3. The van der Waals surface area contributed by atoms with E-state index in [1.807, 2.05) is 0 Å². The van der Waals surface area contributed by atoms with Crippen LogP contribution in [0.2, 0.25) is 0 Å². The molecule has 26 heteroatoms. The molecule has 2 saturated heterocycles. The van der Waals surface area contributed by atoms with E-state index in [4.69, 9.17) is 38.1 Å². The summed E-state index contributed by atoms with van der Waals surface area (Å²) in [7, 11) is 5.85. The third kappa shape index (κ3) is 17.6. The first kappa shape index (κ1) is 61.5. The highest BCUT2D eigenvalue weighted by atomic mass is 16.7. The number of hydroxylamine groups is 4. The first-order valence-electron chi connectivity index (χ1n) is 25.8. The van der Waals surface area contributed by atoms with Crippen LogP contribution >= 0.6 is 0 Å². The van der Waals surface area contributed by atoms with Crippen molar-refractivity contribution in [3.8, 4) is 34.5 Å². The highest BCUT2D eigenvalue weighted by molar-refractivity contribution is 6.02. The summed E-state index contributed by atoms with van der Waals surface area (Å²) in [6.45, 7) is -0.728. The molecule has 0 aromatic heterocycles. The Balaban J connectivity index is 0.941. The van der Waals surface area contributed by atoms with Crippen LogP contribution in [0.5, 0.6) is 34.5 Å². The molecule has 2 aliphatic rings. The first-order chi connectivity index (χ1) is 39.4. The fraction of sp³-hybridized carbons (Fsp3) is 0.375. The summed E-state index contributed by atoms with van der Waals surface area (Å²) in [4.78, 5) is 146. The molecule has 0 radical (unpaired) electrons. The van der Waals surface area contributed by atoms with Gasteiger partial charge in [-0.15, -0.1) is 10.1 Å². The Morgan fingerprint density at radius 3 is 1.28 bits per heavy atom. The molecule has 4 aromatic carbocycles. The maximum Gasteiger partial charge on any atom is 0.333 e. The number of nitrogens with zero attached hydrogens (tertiary/aromatic N) is 2. The van der Waals surface area contributed by atoms with Gasteiger partial charge < -0.3 is 64.5 Å². The molecule has 436 valence electrons. The molecule has 26 nitrogen and oxygen atoms in total. The zero-order chi connectivity index (χ0) is 59.3. The Hall–Kier alpha value is -9.75. The molecule has 8 amide bonds. The highest BCUT2D eigenvalue weighted by Crippen LogP contribution is 2.36. The van der Waals surface area contributed by atoms with Gasteiger partial charge in [-0.3, -0.25) is 38.4 Å². The largest absolute Gasteiger partial charge is 0.497 e. The predicted octanol–water partition coefficient (Wildman–Crippen LogP) is 3.22. The lowest BCUT2D eigenvalue weighted by Crippen LogP contribution is -2.43. The Bertz CT molecular complexity index is 2970. The van der Waals surface area contributed by atoms with E-state index in [0.29, 0.717) is 74.0 Å². The van der Waals surface area contributed by atoms with Crippen LogP contribution in [0.25, 0.3) is 0 Å². The summed E-state index contributed by atoms with van der Waals surface area (Å²) < 4.78 is 33.2. The van der Waals surface area contributed by atoms with Crippen LogP contribution in [0, 0.1) is 0 Å². The normalized spacial score (nSPS) is 14.0. The molecule has 4 aromatic rings. The lowest BCUT2D eigenvalue weighted by Gasteiger charge is -2.23. The van der Waals surface area contributed by atoms with Gasteiger partial charge in [0.25, 0.3) is 35.4 Å². The third-order valence-electron chi connectivity index (χ3n) is 12.7. The molecule has 82 heavy (non-hydrogen) atoms. The average molecular weight is 1140 g/mol. The van der Waals surface area contributed by atoms with Gasteiger partial charge >= 0.3 is 17.9 Å². The van der Waals surface area contributed by atoms with Crippen LogP contribution in [0.4, 0.5) is 0 Å². The van der Waals surface area contributed by atoms with E-state index >= 15 is 0 Å². The quantitative estimate of drug-likeness (QED) is 0.0357. The first-order valence-corrected chi connectivity index (χ1v) is 25.8. The number of amides is 8. The van der Waals surface area contributed by atoms with Gasteiger partial charge in [-0.25, -0.2) is 14.4 Å².